The smallest absolute Gasteiger partial charge is 0.307 e. The highest BCUT2D eigenvalue weighted by Gasteiger charge is 2.16. The minimum atomic E-state index is -1.01. The predicted octanol–water partition coefficient (Wildman–Crippen LogP) is 3.18. The number of hydrogen-bond donors (Lipinski definition) is 2. The van der Waals surface area contributed by atoms with Gasteiger partial charge in [0.05, 0.1) is 17.0 Å². The van der Waals surface area contributed by atoms with Crippen molar-refractivity contribution in [2.45, 2.75) is 13.0 Å². The van der Waals surface area contributed by atoms with E-state index in [0.29, 0.717) is 11.1 Å². The lowest BCUT2D eigenvalue weighted by Gasteiger charge is -2.10. The molecule has 2 aromatic rings. The first-order valence-corrected chi connectivity index (χ1v) is 6.97. The Hall–Kier alpha value is -2.47. The molecule has 0 aromatic heterocycles. The zero-order valence-corrected chi connectivity index (χ0v) is 12.5. The molecule has 1 amide bonds. The van der Waals surface area contributed by atoms with Crippen LogP contribution in [0.5, 0.6) is 0 Å². The molecule has 0 fully saturated rings. The monoisotopic (exact) mass is 339 g/mol. The normalized spacial score (nSPS) is 10.4. The fourth-order valence-corrected chi connectivity index (χ4v) is 2.18. The third-order valence-electron chi connectivity index (χ3n) is 3.15. The Balaban J connectivity index is 2.14. The lowest BCUT2D eigenvalue weighted by Crippen LogP contribution is -2.25. The molecule has 2 rings (SSSR count). The summed E-state index contributed by atoms with van der Waals surface area (Å²) in [6.07, 6.45) is -0.198. The molecule has 120 valence electrons. The van der Waals surface area contributed by atoms with Crippen LogP contribution < -0.4 is 5.32 Å². The van der Waals surface area contributed by atoms with Crippen molar-refractivity contribution in [1.29, 1.82) is 0 Å². The van der Waals surface area contributed by atoms with Gasteiger partial charge < -0.3 is 10.4 Å². The molecule has 0 aliphatic heterocycles. The Bertz CT molecular complexity index is 765. The summed E-state index contributed by atoms with van der Waals surface area (Å²) in [7, 11) is 0. The van der Waals surface area contributed by atoms with Crippen LogP contribution in [0.2, 0.25) is 5.02 Å². The molecule has 0 atom stereocenters. The molecule has 0 saturated heterocycles. The minimum Gasteiger partial charge on any atom is -0.481 e. The SMILES string of the molecule is O=C(O)Cc1ccccc1CNC(=O)c1cc(F)c(Cl)cc1F. The quantitative estimate of drug-likeness (QED) is 0.822. The topological polar surface area (TPSA) is 66.4 Å². The van der Waals surface area contributed by atoms with E-state index in [1.807, 2.05) is 0 Å². The average Bonchev–Trinajstić information content (AvgIpc) is 2.49. The molecule has 0 aliphatic rings. The molecule has 7 heteroatoms. The van der Waals surface area contributed by atoms with Crippen LogP contribution in [0.15, 0.2) is 36.4 Å². The number of nitrogens with one attached hydrogen (secondary N) is 1. The molecule has 23 heavy (non-hydrogen) atoms. The zero-order chi connectivity index (χ0) is 17.0. The van der Waals surface area contributed by atoms with E-state index in [1.54, 1.807) is 24.3 Å². The third-order valence-corrected chi connectivity index (χ3v) is 3.44. The van der Waals surface area contributed by atoms with Gasteiger partial charge in [-0.25, -0.2) is 8.78 Å². The lowest BCUT2D eigenvalue weighted by atomic mass is 10.0. The minimum absolute atomic E-state index is 0.00796. The maximum Gasteiger partial charge on any atom is 0.307 e. The summed E-state index contributed by atoms with van der Waals surface area (Å²) in [6.45, 7) is -0.00796. The summed E-state index contributed by atoms with van der Waals surface area (Å²) in [5.74, 6) is -3.66. The van der Waals surface area contributed by atoms with Crippen molar-refractivity contribution in [3.8, 4) is 0 Å². The molecule has 4 nitrogen and oxygen atoms in total. The average molecular weight is 340 g/mol. The molecule has 2 N–H and O–H groups in total. The number of carboxylic acids is 1. The number of aliphatic carboxylic acids is 1. The van der Waals surface area contributed by atoms with Crippen molar-refractivity contribution >= 4 is 23.5 Å². The molecule has 0 aliphatic carbocycles. The van der Waals surface area contributed by atoms with Gasteiger partial charge in [0.1, 0.15) is 11.6 Å². The number of amides is 1. The summed E-state index contributed by atoms with van der Waals surface area (Å²) < 4.78 is 27.0. The highest BCUT2D eigenvalue weighted by atomic mass is 35.5. The number of halogens is 3. The van der Waals surface area contributed by atoms with E-state index >= 15 is 0 Å². The van der Waals surface area contributed by atoms with E-state index in [4.69, 9.17) is 16.7 Å². The molecule has 2 aromatic carbocycles. The van der Waals surface area contributed by atoms with Crippen molar-refractivity contribution < 1.29 is 23.5 Å². The van der Waals surface area contributed by atoms with E-state index < -0.39 is 34.1 Å². The predicted molar refractivity (Wildman–Crippen MR) is 80.3 cm³/mol. The van der Waals surface area contributed by atoms with Gasteiger partial charge in [0.2, 0.25) is 0 Å². The number of carbonyl (C=O) groups is 2. The highest BCUT2D eigenvalue weighted by molar-refractivity contribution is 6.30. The summed E-state index contributed by atoms with van der Waals surface area (Å²) in [5.41, 5.74) is 0.642. The first-order chi connectivity index (χ1) is 10.9. The van der Waals surface area contributed by atoms with Crippen LogP contribution in [0.25, 0.3) is 0 Å². The molecule has 0 unspecified atom stereocenters. The molecule has 0 radical (unpaired) electrons. The fourth-order valence-electron chi connectivity index (χ4n) is 2.03. The molecule has 0 bridgehead atoms. The standard InChI is InChI=1S/C16H12ClF2NO3/c17-12-7-13(18)11(6-14(12)19)16(23)20-8-10-4-2-1-3-9(10)5-15(21)22/h1-4,6-7H,5,8H2,(H,20,23)(H,21,22). The maximum absolute atomic E-state index is 13.7. The Morgan fingerprint density at radius 2 is 1.74 bits per heavy atom. The lowest BCUT2D eigenvalue weighted by molar-refractivity contribution is -0.136. The second-order valence-corrected chi connectivity index (χ2v) is 5.18. The van der Waals surface area contributed by atoms with Gasteiger partial charge in [-0.05, 0) is 23.3 Å². The van der Waals surface area contributed by atoms with Crippen molar-refractivity contribution in [2.75, 3.05) is 0 Å². The molecule has 0 spiro atoms. The summed E-state index contributed by atoms with van der Waals surface area (Å²) >= 11 is 5.43. The number of rotatable bonds is 5. The highest BCUT2D eigenvalue weighted by Crippen LogP contribution is 2.19. The number of carbonyl (C=O) groups excluding carboxylic acids is 1. The van der Waals surface area contributed by atoms with Gasteiger partial charge in [-0.2, -0.15) is 0 Å². The second-order valence-electron chi connectivity index (χ2n) is 4.77. The number of hydrogen-bond acceptors (Lipinski definition) is 2. The van der Waals surface area contributed by atoms with Crippen molar-refractivity contribution in [1.82, 2.24) is 5.32 Å². The van der Waals surface area contributed by atoms with Gasteiger partial charge in [0.15, 0.2) is 0 Å². The number of carboxylic acid groups (broad SMARTS) is 1. The number of benzene rings is 2. The van der Waals surface area contributed by atoms with Crippen molar-refractivity contribution in [3.63, 3.8) is 0 Å². The molecule has 0 saturated carbocycles. The van der Waals surface area contributed by atoms with Crippen LogP contribution in [0.4, 0.5) is 8.78 Å². The van der Waals surface area contributed by atoms with Crippen LogP contribution in [-0.2, 0) is 17.8 Å². The molecular weight excluding hydrogens is 328 g/mol. The molecular formula is C16H12ClF2NO3. The van der Waals surface area contributed by atoms with Crippen LogP contribution >= 0.6 is 11.6 Å². The van der Waals surface area contributed by atoms with Gasteiger partial charge >= 0.3 is 5.97 Å². The summed E-state index contributed by atoms with van der Waals surface area (Å²) in [4.78, 5) is 22.8. The maximum atomic E-state index is 13.7. The van der Waals surface area contributed by atoms with Crippen LogP contribution in [0.1, 0.15) is 21.5 Å². The van der Waals surface area contributed by atoms with Gasteiger partial charge in [-0.3, -0.25) is 9.59 Å². The van der Waals surface area contributed by atoms with Gasteiger partial charge in [-0.1, -0.05) is 35.9 Å². The fraction of sp³-hybridized carbons (Fsp3) is 0.125. The Labute approximate surface area is 135 Å². The van der Waals surface area contributed by atoms with E-state index in [9.17, 15) is 18.4 Å². The van der Waals surface area contributed by atoms with Gasteiger partial charge in [0, 0.05) is 6.54 Å². The van der Waals surface area contributed by atoms with Crippen LogP contribution in [0, 0.1) is 11.6 Å². The Kier molecular flexibility index (Phi) is 5.28. The van der Waals surface area contributed by atoms with Gasteiger partial charge in [-0.15, -0.1) is 0 Å². The first-order valence-electron chi connectivity index (χ1n) is 6.60. The largest absolute Gasteiger partial charge is 0.481 e. The van der Waals surface area contributed by atoms with E-state index in [0.717, 1.165) is 12.1 Å². The molecule has 0 heterocycles. The summed E-state index contributed by atoms with van der Waals surface area (Å²) in [5, 5.41) is 10.9. The van der Waals surface area contributed by atoms with Crippen LogP contribution in [0.3, 0.4) is 0 Å². The van der Waals surface area contributed by atoms with Crippen LogP contribution in [-0.4, -0.2) is 17.0 Å². The summed E-state index contributed by atoms with van der Waals surface area (Å²) in [6, 6.07) is 8.09. The third kappa shape index (κ3) is 4.26. The van der Waals surface area contributed by atoms with Gasteiger partial charge in [0.25, 0.3) is 5.91 Å². The second kappa shape index (κ2) is 7.19. The van der Waals surface area contributed by atoms with Crippen molar-refractivity contribution in [3.05, 3.63) is 69.7 Å². The van der Waals surface area contributed by atoms with E-state index in [1.165, 1.54) is 0 Å². The van der Waals surface area contributed by atoms with E-state index in [2.05, 4.69) is 5.32 Å². The van der Waals surface area contributed by atoms with E-state index in [-0.39, 0.29) is 13.0 Å². The van der Waals surface area contributed by atoms with Crippen molar-refractivity contribution in [2.24, 2.45) is 0 Å². The zero-order valence-electron chi connectivity index (χ0n) is 11.8. The first kappa shape index (κ1) is 16.9. The Morgan fingerprint density at radius 3 is 2.39 bits per heavy atom. The Morgan fingerprint density at radius 1 is 1.09 bits per heavy atom.